The van der Waals surface area contributed by atoms with E-state index in [0.29, 0.717) is 53.1 Å². The Labute approximate surface area is 236 Å². The van der Waals surface area contributed by atoms with Crippen LogP contribution < -0.4 is 20.1 Å². The van der Waals surface area contributed by atoms with Gasteiger partial charge in [0.25, 0.3) is 5.91 Å². The third-order valence-corrected chi connectivity index (χ3v) is 6.53. The summed E-state index contributed by atoms with van der Waals surface area (Å²) >= 11 is 0. The maximum Gasteiger partial charge on any atom is 0.257 e. The molecule has 0 atom stereocenters. The number of nitrogens with one attached hydrogen (secondary N) is 2. The number of benzene rings is 3. The van der Waals surface area contributed by atoms with Crippen molar-refractivity contribution in [1.82, 2.24) is 15.0 Å². The summed E-state index contributed by atoms with van der Waals surface area (Å²) in [5, 5.41) is 7.14. The zero-order chi connectivity index (χ0) is 28.2. The fourth-order valence-corrected chi connectivity index (χ4v) is 4.41. The fraction of sp³-hybridized carbons (Fsp3) is 0.125. The quantitative estimate of drug-likeness (QED) is 0.162. The fourth-order valence-electron chi connectivity index (χ4n) is 4.41. The van der Waals surface area contributed by atoms with Crippen LogP contribution in [0.5, 0.6) is 11.5 Å². The molecule has 0 bridgehead atoms. The highest BCUT2D eigenvalue weighted by atomic mass is 16.5. The molecule has 6 rings (SSSR count). The Kier molecular flexibility index (Phi) is 7.19. The summed E-state index contributed by atoms with van der Waals surface area (Å²) in [7, 11) is 3.21. The Balaban J connectivity index is 1.40. The molecule has 0 aliphatic heterocycles. The van der Waals surface area contributed by atoms with Crippen LogP contribution in [0.25, 0.3) is 28.4 Å². The van der Waals surface area contributed by atoms with Gasteiger partial charge in [-0.05, 0) is 30.3 Å². The molecule has 9 heteroatoms. The second-order valence-corrected chi connectivity index (χ2v) is 9.25. The summed E-state index contributed by atoms with van der Waals surface area (Å²) in [6.45, 7) is 0.806. The van der Waals surface area contributed by atoms with E-state index < -0.39 is 0 Å². The van der Waals surface area contributed by atoms with Crippen molar-refractivity contribution in [2.24, 2.45) is 0 Å². The van der Waals surface area contributed by atoms with Gasteiger partial charge in [0.2, 0.25) is 0 Å². The lowest BCUT2D eigenvalue weighted by Gasteiger charge is -2.16. The minimum absolute atomic E-state index is 0.255. The minimum Gasteiger partial charge on any atom is -0.493 e. The average Bonchev–Trinajstić information content (AvgIpc) is 2.99. The van der Waals surface area contributed by atoms with Gasteiger partial charge in [-0.25, -0.2) is 9.97 Å². The van der Waals surface area contributed by atoms with Gasteiger partial charge in [-0.3, -0.25) is 9.78 Å². The molecule has 1 aliphatic carbocycles. The lowest BCUT2D eigenvalue weighted by Crippen LogP contribution is -2.12. The summed E-state index contributed by atoms with van der Waals surface area (Å²) in [5.74, 6) is 1.93. The maximum atomic E-state index is 12.7. The Morgan fingerprint density at radius 3 is 2.61 bits per heavy atom. The Hall–Kier alpha value is -5.37. The lowest BCUT2D eigenvalue weighted by molar-refractivity contribution is 0.102. The van der Waals surface area contributed by atoms with Crippen LogP contribution in [0, 0.1) is 6.08 Å². The number of carbonyl (C=O) groups excluding carboxylic acids is 1. The van der Waals surface area contributed by atoms with E-state index in [9.17, 15) is 4.79 Å². The molecule has 0 saturated heterocycles. The first kappa shape index (κ1) is 25.9. The Bertz CT molecular complexity index is 1770. The van der Waals surface area contributed by atoms with E-state index in [1.165, 1.54) is 6.20 Å². The maximum absolute atomic E-state index is 12.7. The molecule has 1 aliphatic rings. The largest absolute Gasteiger partial charge is 0.493 e. The molecular weight excluding hydrogens is 518 g/mol. The first-order valence-corrected chi connectivity index (χ1v) is 13.0. The summed E-state index contributed by atoms with van der Waals surface area (Å²) in [4.78, 5) is 26.5. The highest BCUT2D eigenvalue weighted by Crippen LogP contribution is 2.37. The van der Waals surface area contributed by atoms with E-state index in [-0.39, 0.29) is 5.91 Å². The van der Waals surface area contributed by atoms with E-state index >= 15 is 0 Å². The Morgan fingerprint density at radius 2 is 1.85 bits per heavy atom. The average molecular weight is 545 g/mol. The molecule has 0 radical (unpaired) electrons. The zero-order valence-corrected chi connectivity index (χ0v) is 22.5. The smallest absolute Gasteiger partial charge is 0.257 e. The van der Waals surface area contributed by atoms with Crippen LogP contribution in [0.4, 0.5) is 17.2 Å². The van der Waals surface area contributed by atoms with Crippen molar-refractivity contribution in [3.8, 4) is 22.9 Å². The summed E-state index contributed by atoms with van der Waals surface area (Å²) in [6, 6.07) is 20.6. The number of aromatic nitrogens is 3. The van der Waals surface area contributed by atoms with Gasteiger partial charge in [-0.15, -0.1) is 0 Å². The first-order chi connectivity index (χ1) is 20.1. The molecule has 2 N–H and O–H groups in total. The Morgan fingerprint density at radius 1 is 0.927 bits per heavy atom. The molecule has 41 heavy (non-hydrogen) atoms. The molecule has 0 saturated carbocycles. The van der Waals surface area contributed by atoms with E-state index in [1.54, 1.807) is 32.5 Å². The zero-order valence-electron chi connectivity index (χ0n) is 22.5. The highest BCUT2D eigenvalue weighted by Gasteiger charge is 2.19. The molecule has 9 nitrogen and oxygen atoms in total. The van der Waals surface area contributed by atoms with Crippen LogP contribution >= 0.6 is 0 Å². The molecule has 0 fully saturated rings. The van der Waals surface area contributed by atoms with Crippen LogP contribution in [0.1, 0.15) is 21.5 Å². The predicted molar refractivity (Wildman–Crippen MR) is 158 cm³/mol. The van der Waals surface area contributed by atoms with Crippen molar-refractivity contribution in [2.45, 2.75) is 0 Å². The van der Waals surface area contributed by atoms with Crippen LogP contribution in [0.2, 0.25) is 0 Å². The topological polar surface area (TPSA) is 107 Å². The second kappa shape index (κ2) is 11.4. The summed E-state index contributed by atoms with van der Waals surface area (Å²) in [5.41, 5.74) is 5.53. The number of carbonyl (C=O) groups is 1. The number of amides is 1. The number of fused-ring (bicyclic) bond motifs is 2. The van der Waals surface area contributed by atoms with E-state index in [0.717, 1.165) is 27.8 Å². The van der Waals surface area contributed by atoms with E-state index in [4.69, 9.17) is 24.2 Å². The number of rotatable bonds is 10. The van der Waals surface area contributed by atoms with Gasteiger partial charge in [0.05, 0.1) is 42.1 Å². The normalized spacial score (nSPS) is 11.3. The number of pyridine rings is 1. The second-order valence-electron chi connectivity index (χ2n) is 9.25. The molecule has 202 valence electrons. The van der Waals surface area contributed by atoms with Crippen molar-refractivity contribution in [1.29, 1.82) is 0 Å². The van der Waals surface area contributed by atoms with Gasteiger partial charge >= 0.3 is 0 Å². The number of anilines is 3. The molecule has 0 spiro atoms. The van der Waals surface area contributed by atoms with Gasteiger partial charge in [0.15, 0.2) is 22.9 Å². The van der Waals surface area contributed by atoms with Crippen LogP contribution in [0.15, 0.2) is 79.1 Å². The van der Waals surface area contributed by atoms with Crippen molar-refractivity contribution >= 4 is 40.1 Å². The predicted octanol–water partition coefficient (Wildman–Crippen LogP) is 5.90. The van der Waals surface area contributed by atoms with E-state index in [2.05, 4.69) is 21.7 Å². The number of hydrogen-bond donors (Lipinski definition) is 2. The van der Waals surface area contributed by atoms with Gasteiger partial charge in [0, 0.05) is 66.5 Å². The van der Waals surface area contributed by atoms with Crippen molar-refractivity contribution in [3.63, 3.8) is 0 Å². The molecule has 3 aromatic carbocycles. The number of hydrogen-bond acceptors (Lipinski definition) is 8. The van der Waals surface area contributed by atoms with E-state index in [1.807, 2.05) is 60.7 Å². The lowest BCUT2D eigenvalue weighted by atomic mass is 9.97. The standard InChI is InChI=1S/C32H25N5O4/c1-39-13-14-41-29-17-26-27(18-28(29)40-2)36-30(37-31(26)34-25-11-10-20-8-9-21(20)15-25)22-5-3-7-24(16-22)35-32(38)23-6-4-12-33-19-23/h3-7,9-12,15-19H,13-14H2,1-2H3,(H-,34,35,36,37,38)/p+1. The van der Waals surface area contributed by atoms with Crippen LogP contribution in [-0.4, -0.2) is 48.3 Å². The minimum atomic E-state index is -0.255. The van der Waals surface area contributed by atoms with Gasteiger partial charge in [-0.1, -0.05) is 12.1 Å². The number of nitrogens with zero attached hydrogens (tertiary/aromatic N) is 3. The monoisotopic (exact) mass is 544 g/mol. The molecule has 0 unspecified atom stereocenters. The molecular formula is C32H26N5O4+. The van der Waals surface area contributed by atoms with Gasteiger partial charge in [-0.2, -0.15) is 0 Å². The molecule has 2 aromatic heterocycles. The summed E-state index contributed by atoms with van der Waals surface area (Å²) < 4.78 is 16.7. The van der Waals surface area contributed by atoms with Crippen LogP contribution in [0.3, 0.4) is 0 Å². The highest BCUT2D eigenvalue weighted by molar-refractivity contribution is 6.04. The third kappa shape index (κ3) is 5.53. The molecule has 5 aromatic rings. The van der Waals surface area contributed by atoms with Crippen molar-refractivity contribution in [2.75, 3.05) is 38.1 Å². The van der Waals surface area contributed by atoms with Crippen molar-refractivity contribution in [3.05, 3.63) is 102 Å². The van der Waals surface area contributed by atoms with Gasteiger partial charge < -0.3 is 24.8 Å². The summed E-state index contributed by atoms with van der Waals surface area (Å²) in [6.07, 6.45) is 8.26. The third-order valence-electron chi connectivity index (χ3n) is 6.53. The number of methoxy groups -OCH3 is 2. The van der Waals surface area contributed by atoms with Crippen LogP contribution in [-0.2, 0) is 4.74 Å². The van der Waals surface area contributed by atoms with Crippen molar-refractivity contribution < 1.29 is 19.0 Å². The molecule has 1 amide bonds. The molecule has 2 heterocycles. The van der Waals surface area contributed by atoms with Gasteiger partial charge in [0.1, 0.15) is 12.4 Å². The number of ether oxygens (including phenoxy) is 3. The first-order valence-electron chi connectivity index (χ1n) is 13.0. The SMILES string of the molecule is COCCOc1cc2c(Nc3ccc4c(c3)C=[C+]4)nc(-c3cccc(NC(=O)c4cccnc4)c3)nc2cc1OC.